The third-order valence-electron chi connectivity index (χ3n) is 3.65. The predicted octanol–water partition coefficient (Wildman–Crippen LogP) is 4.20. The molecule has 1 amide bonds. The van der Waals surface area contributed by atoms with Gasteiger partial charge in [0.05, 0.1) is 16.1 Å². The maximum absolute atomic E-state index is 12.7. The molecule has 152 valence electrons. The van der Waals surface area contributed by atoms with Gasteiger partial charge in [0, 0.05) is 17.8 Å². The molecule has 0 unspecified atom stereocenters. The number of nitrogens with one attached hydrogen (secondary N) is 1. The number of para-hydroxylation sites is 1. The third-order valence-corrected chi connectivity index (χ3v) is 3.65. The largest absolute Gasteiger partial charge is 0.449 e. The van der Waals surface area contributed by atoms with Crippen molar-refractivity contribution >= 4 is 29.3 Å². The van der Waals surface area contributed by atoms with E-state index in [1.165, 1.54) is 31.2 Å². The molecular formula is C19H15F3N2O5. The second-order valence-corrected chi connectivity index (χ2v) is 5.80. The van der Waals surface area contributed by atoms with Crippen LogP contribution in [-0.4, -0.2) is 22.9 Å². The molecule has 0 saturated carbocycles. The molecule has 0 fully saturated rings. The van der Waals surface area contributed by atoms with Crippen LogP contribution in [0.4, 0.5) is 24.5 Å². The van der Waals surface area contributed by atoms with E-state index in [2.05, 4.69) is 5.32 Å². The van der Waals surface area contributed by atoms with Gasteiger partial charge in [-0.2, -0.15) is 13.2 Å². The molecule has 7 nitrogen and oxygen atoms in total. The van der Waals surface area contributed by atoms with Gasteiger partial charge in [-0.25, -0.2) is 4.79 Å². The van der Waals surface area contributed by atoms with E-state index in [4.69, 9.17) is 4.74 Å². The van der Waals surface area contributed by atoms with Gasteiger partial charge in [0.15, 0.2) is 6.10 Å². The molecule has 0 bridgehead atoms. The van der Waals surface area contributed by atoms with Gasteiger partial charge in [0.2, 0.25) is 0 Å². The van der Waals surface area contributed by atoms with Crippen LogP contribution in [0.1, 0.15) is 18.1 Å². The van der Waals surface area contributed by atoms with Crippen LogP contribution in [0.3, 0.4) is 0 Å². The summed E-state index contributed by atoms with van der Waals surface area (Å²) >= 11 is 0. The van der Waals surface area contributed by atoms with Crippen molar-refractivity contribution < 1.29 is 32.4 Å². The number of esters is 1. The fourth-order valence-corrected chi connectivity index (χ4v) is 2.24. The summed E-state index contributed by atoms with van der Waals surface area (Å²) in [5, 5.41) is 13.2. The van der Waals surface area contributed by atoms with Crippen LogP contribution >= 0.6 is 0 Å². The summed E-state index contributed by atoms with van der Waals surface area (Å²) in [5.74, 6) is -1.79. The first kappa shape index (κ1) is 21.6. The van der Waals surface area contributed by atoms with E-state index in [-0.39, 0.29) is 16.9 Å². The van der Waals surface area contributed by atoms with Gasteiger partial charge in [0.1, 0.15) is 0 Å². The van der Waals surface area contributed by atoms with Crippen molar-refractivity contribution in [3.05, 3.63) is 75.8 Å². The molecule has 0 aliphatic carbocycles. The number of amides is 1. The molecule has 0 aliphatic heterocycles. The highest BCUT2D eigenvalue weighted by atomic mass is 19.4. The van der Waals surface area contributed by atoms with Gasteiger partial charge in [-0.05, 0) is 37.3 Å². The lowest BCUT2D eigenvalue weighted by Crippen LogP contribution is -2.29. The Morgan fingerprint density at radius 1 is 1.17 bits per heavy atom. The predicted molar refractivity (Wildman–Crippen MR) is 97.8 cm³/mol. The molecule has 1 N–H and O–H groups in total. The van der Waals surface area contributed by atoms with Crippen LogP contribution in [-0.2, 0) is 20.5 Å². The average molecular weight is 408 g/mol. The first-order valence-electron chi connectivity index (χ1n) is 8.18. The molecule has 1 atom stereocenters. The lowest BCUT2D eigenvalue weighted by Gasteiger charge is -2.13. The Labute approximate surface area is 162 Å². The molecule has 29 heavy (non-hydrogen) atoms. The highest BCUT2D eigenvalue weighted by molar-refractivity contribution is 5.96. The number of carbonyl (C=O) groups is 2. The molecule has 0 spiro atoms. The average Bonchev–Trinajstić information content (AvgIpc) is 2.66. The van der Waals surface area contributed by atoms with Crippen LogP contribution in [0.5, 0.6) is 0 Å². The van der Waals surface area contributed by atoms with Crippen LogP contribution in [0.25, 0.3) is 6.08 Å². The molecule has 0 aromatic heterocycles. The Morgan fingerprint density at radius 3 is 2.52 bits per heavy atom. The fourth-order valence-electron chi connectivity index (χ4n) is 2.24. The number of ether oxygens (including phenoxy) is 1. The molecule has 0 radical (unpaired) electrons. The minimum Gasteiger partial charge on any atom is -0.449 e. The summed E-state index contributed by atoms with van der Waals surface area (Å²) < 4.78 is 43.0. The van der Waals surface area contributed by atoms with Crippen molar-refractivity contribution in [1.29, 1.82) is 0 Å². The topological polar surface area (TPSA) is 98.5 Å². The Bertz CT molecular complexity index is 957. The number of nitro benzene ring substituents is 1. The van der Waals surface area contributed by atoms with E-state index >= 15 is 0 Å². The van der Waals surface area contributed by atoms with Crippen molar-refractivity contribution in [3.8, 4) is 0 Å². The number of anilines is 1. The SMILES string of the molecule is C[C@H](OC(=O)/C=C/c1ccccc1[N+](=O)[O-])C(=O)Nc1cccc(C(F)(F)F)c1. The lowest BCUT2D eigenvalue weighted by molar-refractivity contribution is -0.385. The number of hydrogen-bond acceptors (Lipinski definition) is 5. The van der Waals surface area contributed by atoms with Gasteiger partial charge < -0.3 is 10.1 Å². The van der Waals surface area contributed by atoms with Crippen LogP contribution in [0.2, 0.25) is 0 Å². The van der Waals surface area contributed by atoms with Crippen molar-refractivity contribution in [2.24, 2.45) is 0 Å². The highest BCUT2D eigenvalue weighted by Crippen LogP contribution is 2.30. The highest BCUT2D eigenvalue weighted by Gasteiger charge is 2.30. The van der Waals surface area contributed by atoms with Gasteiger partial charge in [-0.3, -0.25) is 14.9 Å². The second-order valence-electron chi connectivity index (χ2n) is 5.80. The quantitative estimate of drug-likeness (QED) is 0.334. The molecular weight excluding hydrogens is 393 g/mol. The van der Waals surface area contributed by atoms with Crippen LogP contribution in [0.15, 0.2) is 54.6 Å². The third kappa shape index (κ3) is 6.16. The number of alkyl halides is 3. The first-order valence-corrected chi connectivity index (χ1v) is 8.18. The maximum Gasteiger partial charge on any atom is 0.416 e. The summed E-state index contributed by atoms with van der Waals surface area (Å²) in [4.78, 5) is 34.2. The van der Waals surface area contributed by atoms with Crippen molar-refractivity contribution in [1.82, 2.24) is 0 Å². The Morgan fingerprint density at radius 2 is 1.86 bits per heavy atom. The van der Waals surface area contributed by atoms with E-state index in [0.29, 0.717) is 0 Å². The minimum absolute atomic E-state index is 0.108. The summed E-state index contributed by atoms with van der Waals surface area (Å²) in [6.45, 7) is 1.24. The minimum atomic E-state index is -4.57. The number of nitro groups is 1. The number of halogens is 3. The fraction of sp³-hybridized carbons (Fsp3) is 0.158. The van der Waals surface area contributed by atoms with Crippen molar-refractivity contribution in [3.63, 3.8) is 0 Å². The van der Waals surface area contributed by atoms with E-state index in [1.807, 2.05) is 0 Å². The maximum atomic E-state index is 12.7. The molecule has 2 aromatic carbocycles. The van der Waals surface area contributed by atoms with Crippen molar-refractivity contribution in [2.75, 3.05) is 5.32 Å². The molecule has 10 heteroatoms. The van der Waals surface area contributed by atoms with Gasteiger partial charge in [-0.1, -0.05) is 18.2 Å². The summed E-state index contributed by atoms with van der Waals surface area (Å²) in [6.07, 6.45) is -3.80. The zero-order valence-electron chi connectivity index (χ0n) is 15.0. The van der Waals surface area contributed by atoms with E-state index in [1.54, 1.807) is 6.07 Å². The molecule has 2 aromatic rings. The summed E-state index contributed by atoms with van der Waals surface area (Å²) in [5.41, 5.74) is -1.10. The zero-order chi connectivity index (χ0) is 21.6. The molecule has 0 aliphatic rings. The smallest absolute Gasteiger partial charge is 0.416 e. The summed E-state index contributed by atoms with van der Waals surface area (Å²) in [6, 6.07) is 9.69. The van der Waals surface area contributed by atoms with E-state index < -0.39 is 34.6 Å². The number of rotatable bonds is 6. The molecule has 0 heterocycles. The Kier molecular flexibility index (Phi) is 6.71. The van der Waals surface area contributed by atoms with Crippen LogP contribution < -0.4 is 5.32 Å². The standard InChI is InChI=1S/C19H15F3N2O5/c1-12(18(26)23-15-7-4-6-14(11-15)19(20,21)22)29-17(25)10-9-13-5-2-3-8-16(13)24(27)28/h2-12H,1H3,(H,23,26)/b10-9+/t12-/m0/s1. The number of hydrogen-bond donors (Lipinski definition) is 1. The van der Waals surface area contributed by atoms with Crippen LogP contribution in [0, 0.1) is 10.1 Å². The van der Waals surface area contributed by atoms with E-state index in [0.717, 1.165) is 30.4 Å². The number of carbonyl (C=O) groups excluding carboxylic acids is 2. The first-order chi connectivity index (χ1) is 13.6. The van der Waals surface area contributed by atoms with Crippen molar-refractivity contribution in [2.45, 2.75) is 19.2 Å². The Hall–Kier alpha value is -3.69. The second kappa shape index (κ2) is 9.00. The van der Waals surface area contributed by atoms with E-state index in [9.17, 15) is 32.9 Å². The molecule has 0 saturated heterocycles. The lowest BCUT2D eigenvalue weighted by atomic mass is 10.1. The zero-order valence-corrected chi connectivity index (χ0v) is 15.0. The van der Waals surface area contributed by atoms with Gasteiger partial charge in [-0.15, -0.1) is 0 Å². The Balaban J connectivity index is 1.99. The number of nitrogens with zero attached hydrogens (tertiary/aromatic N) is 1. The van der Waals surface area contributed by atoms with Gasteiger partial charge >= 0.3 is 12.1 Å². The normalized spacial score (nSPS) is 12.4. The number of benzene rings is 2. The molecule has 2 rings (SSSR count). The monoisotopic (exact) mass is 408 g/mol. The van der Waals surface area contributed by atoms with Gasteiger partial charge in [0.25, 0.3) is 11.6 Å². The summed E-state index contributed by atoms with van der Waals surface area (Å²) in [7, 11) is 0.